The Morgan fingerprint density at radius 3 is 2.00 bits per heavy atom. The molecule has 0 spiro atoms. The van der Waals surface area contributed by atoms with E-state index in [1.807, 2.05) is 38.2 Å². The fourth-order valence-corrected chi connectivity index (χ4v) is 1.54. The van der Waals surface area contributed by atoms with Gasteiger partial charge in [0.05, 0.1) is 0 Å². The van der Waals surface area contributed by atoms with E-state index in [4.69, 9.17) is 5.11 Å². The lowest BCUT2D eigenvalue weighted by atomic mass is 10.2. The normalized spacial score (nSPS) is 9.56. The number of hydrogen-bond donors (Lipinski definition) is 1. The van der Waals surface area contributed by atoms with Crippen LogP contribution in [0.2, 0.25) is 0 Å². The van der Waals surface area contributed by atoms with E-state index in [-0.39, 0.29) is 6.61 Å². The Kier molecular flexibility index (Phi) is 6.01. The summed E-state index contributed by atoms with van der Waals surface area (Å²) < 4.78 is 0. The fourth-order valence-electron chi connectivity index (χ4n) is 1.54. The molecule has 18 heavy (non-hydrogen) atoms. The third-order valence-electron chi connectivity index (χ3n) is 2.39. The van der Waals surface area contributed by atoms with E-state index in [2.05, 4.69) is 23.0 Å². The van der Waals surface area contributed by atoms with E-state index in [1.54, 1.807) is 6.20 Å². The molecule has 0 aliphatic carbocycles. The second-order valence-electron chi connectivity index (χ2n) is 4.27. The maximum Gasteiger partial charge on any atom is 0.0486 e. The van der Waals surface area contributed by atoms with Gasteiger partial charge in [-0.1, -0.05) is 0 Å². The van der Waals surface area contributed by atoms with Crippen molar-refractivity contribution in [2.45, 2.75) is 27.2 Å². The van der Waals surface area contributed by atoms with Crippen LogP contribution in [0.4, 0.5) is 0 Å². The molecule has 0 saturated carbocycles. The van der Waals surface area contributed by atoms with Crippen LogP contribution in [0, 0.1) is 20.8 Å². The molecule has 0 unspecified atom stereocenters. The van der Waals surface area contributed by atoms with Gasteiger partial charge in [-0.3, -0.25) is 9.97 Å². The summed E-state index contributed by atoms with van der Waals surface area (Å²) in [5.74, 6) is 0. The van der Waals surface area contributed by atoms with E-state index in [1.165, 1.54) is 11.1 Å². The van der Waals surface area contributed by atoms with E-state index in [9.17, 15) is 0 Å². The molecule has 0 aliphatic heterocycles. The molecule has 0 aromatic carbocycles. The lowest BCUT2D eigenvalue weighted by molar-refractivity contribution is 0.298. The number of nitrogens with zero attached hydrogens (tertiary/aromatic N) is 2. The molecule has 3 heteroatoms. The van der Waals surface area contributed by atoms with Crippen LogP contribution >= 0.6 is 0 Å². The summed E-state index contributed by atoms with van der Waals surface area (Å²) in [5, 5.41) is 8.57. The van der Waals surface area contributed by atoms with Gasteiger partial charge in [0.1, 0.15) is 0 Å². The predicted octanol–water partition coefficient (Wildman–Crippen LogP) is 2.62. The van der Waals surface area contributed by atoms with Crippen molar-refractivity contribution >= 4 is 0 Å². The van der Waals surface area contributed by atoms with Crippen molar-refractivity contribution < 1.29 is 5.11 Å². The van der Waals surface area contributed by atoms with Crippen LogP contribution in [0.15, 0.2) is 36.7 Å². The van der Waals surface area contributed by atoms with Crippen LogP contribution in [0.25, 0.3) is 0 Å². The standard InChI is InChI=1S/C8H11NO.C7H9N/c1-7-2-4-9-8(6-7)3-5-10;1-6-3-4-8-7(2)5-6/h2,4,6,10H,3,5H2,1H3;3-5H,1-2H3. The largest absolute Gasteiger partial charge is 0.396 e. The van der Waals surface area contributed by atoms with Gasteiger partial charge in [-0.2, -0.15) is 0 Å². The van der Waals surface area contributed by atoms with Gasteiger partial charge in [0.2, 0.25) is 0 Å². The Labute approximate surface area is 109 Å². The zero-order valence-corrected chi connectivity index (χ0v) is 11.2. The van der Waals surface area contributed by atoms with Gasteiger partial charge in [0.15, 0.2) is 0 Å². The Balaban J connectivity index is 0.000000184. The number of aromatic nitrogens is 2. The summed E-state index contributed by atoms with van der Waals surface area (Å²) in [7, 11) is 0. The highest BCUT2D eigenvalue weighted by Gasteiger charge is 1.91. The first-order valence-corrected chi connectivity index (χ1v) is 6.03. The van der Waals surface area contributed by atoms with Crippen molar-refractivity contribution in [2.24, 2.45) is 0 Å². The van der Waals surface area contributed by atoms with Gasteiger partial charge in [-0.25, -0.2) is 0 Å². The zero-order chi connectivity index (χ0) is 13.4. The Hall–Kier alpha value is -1.74. The molecule has 0 atom stereocenters. The van der Waals surface area contributed by atoms with Crippen LogP contribution in [0.1, 0.15) is 22.5 Å². The molecule has 0 radical (unpaired) electrons. The second kappa shape index (κ2) is 7.56. The fraction of sp³-hybridized carbons (Fsp3) is 0.333. The van der Waals surface area contributed by atoms with Gasteiger partial charge >= 0.3 is 0 Å². The van der Waals surface area contributed by atoms with Gasteiger partial charge in [0.25, 0.3) is 0 Å². The van der Waals surface area contributed by atoms with Gasteiger partial charge < -0.3 is 5.11 Å². The van der Waals surface area contributed by atoms with E-state index >= 15 is 0 Å². The molecule has 2 aromatic rings. The molecule has 0 aliphatic rings. The number of aliphatic hydroxyl groups excluding tert-OH is 1. The first kappa shape index (κ1) is 14.3. The quantitative estimate of drug-likeness (QED) is 0.883. The van der Waals surface area contributed by atoms with Crippen molar-refractivity contribution in [1.29, 1.82) is 0 Å². The second-order valence-corrected chi connectivity index (χ2v) is 4.27. The van der Waals surface area contributed by atoms with Gasteiger partial charge in [-0.05, 0) is 56.2 Å². The average Bonchev–Trinajstić information content (AvgIpc) is 2.30. The maximum absolute atomic E-state index is 8.57. The Morgan fingerprint density at radius 2 is 1.56 bits per heavy atom. The summed E-state index contributed by atoms with van der Waals surface area (Å²) in [5.41, 5.74) is 4.52. The minimum Gasteiger partial charge on any atom is -0.396 e. The molecule has 3 nitrogen and oxygen atoms in total. The number of hydrogen-bond acceptors (Lipinski definition) is 3. The summed E-state index contributed by atoms with van der Waals surface area (Å²) in [6.07, 6.45) is 4.24. The van der Waals surface area contributed by atoms with E-state index in [0.29, 0.717) is 6.42 Å². The van der Waals surface area contributed by atoms with Crippen molar-refractivity contribution in [2.75, 3.05) is 6.61 Å². The lowest BCUT2D eigenvalue weighted by Crippen LogP contribution is -1.93. The molecule has 2 rings (SSSR count). The molecule has 0 saturated heterocycles. The van der Waals surface area contributed by atoms with Crippen molar-refractivity contribution in [1.82, 2.24) is 9.97 Å². The highest BCUT2D eigenvalue weighted by Crippen LogP contribution is 1.99. The predicted molar refractivity (Wildman–Crippen MR) is 73.5 cm³/mol. The average molecular weight is 244 g/mol. The minimum absolute atomic E-state index is 0.177. The van der Waals surface area contributed by atoms with E-state index < -0.39 is 0 Å². The van der Waals surface area contributed by atoms with Gasteiger partial charge in [0, 0.05) is 36.8 Å². The van der Waals surface area contributed by atoms with Crippen LogP contribution in [0.5, 0.6) is 0 Å². The number of aliphatic hydroxyl groups is 1. The molecule has 2 heterocycles. The lowest BCUT2D eigenvalue weighted by Gasteiger charge is -1.96. The summed E-state index contributed by atoms with van der Waals surface area (Å²) >= 11 is 0. The molecule has 0 bridgehead atoms. The summed E-state index contributed by atoms with van der Waals surface area (Å²) in [4.78, 5) is 8.11. The van der Waals surface area contributed by atoms with Gasteiger partial charge in [-0.15, -0.1) is 0 Å². The van der Waals surface area contributed by atoms with Crippen molar-refractivity contribution in [3.05, 3.63) is 59.2 Å². The first-order valence-electron chi connectivity index (χ1n) is 6.03. The van der Waals surface area contributed by atoms with Crippen LogP contribution in [0.3, 0.4) is 0 Å². The smallest absolute Gasteiger partial charge is 0.0486 e. The third-order valence-corrected chi connectivity index (χ3v) is 2.39. The number of aryl methyl sites for hydroxylation is 3. The van der Waals surface area contributed by atoms with Crippen LogP contribution < -0.4 is 0 Å². The first-order chi connectivity index (χ1) is 8.61. The topological polar surface area (TPSA) is 46.0 Å². The molecule has 0 amide bonds. The SMILES string of the molecule is Cc1ccnc(C)c1.Cc1ccnc(CCO)c1. The molecule has 0 fully saturated rings. The Bertz CT molecular complexity index is 466. The highest BCUT2D eigenvalue weighted by atomic mass is 16.3. The van der Waals surface area contributed by atoms with Crippen molar-refractivity contribution in [3.63, 3.8) is 0 Å². The maximum atomic E-state index is 8.57. The van der Waals surface area contributed by atoms with Crippen LogP contribution in [-0.2, 0) is 6.42 Å². The summed E-state index contributed by atoms with van der Waals surface area (Å²) in [6.45, 7) is 6.25. The monoisotopic (exact) mass is 244 g/mol. The third kappa shape index (κ3) is 5.55. The van der Waals surface area contributed by atoms with Crippen LogP contribution in [-0.4, -0.2) is 21.7 Å². The minimum atomic E-state index is 0.177. The summed E-state index contributed by atoms with van der Waals surface area (Å²) in [6, 6.07) is 7.98. The molecule has 96 valence electrons. The van der Waals surface area contributed by atoms with Crippen molar-refractivity contribution in [3.8, 4) is 0 Å². The molecular weight excluding hydrogens is 224 g/mol. The molecule has 2 aromatic heterocycles. The highest BCUT2D eigenvalue weighted by molar-refractivity contribution is 5.14. The number of pyridine rings is 2. The number of rotatable bonds is 2. The zero-order valence-electron chi connectivity index (χ0n) is 11.2. The van der Waals surface area contributed by atoms with E-state index in [0.717, 1.165) is 11.4 Å². The Morgan fingerprint density at radius 1 is 0.944 bits per heavy atom. The molecular formula is C15H20N2O. The molecule has 1 N–H and O–H groups in total.